The number of aromatic amines is 1. The predicted molar refractivity (Wildman–Crippen MR) is 156 cm³/mol. The molecular weight excluding hydrogens is 470 g/mol. The summed E-state index contributed by atoms with van der Waals surface area (Å²) in [5, 5.41) is 11.6. The Labute approximate surface area is 225 Å². The molecule has 0 unspecified atom stereocenters. The molecule has 6 heteroatoms. The zero-order valence-electron chi connectivity index (χ0n) is 23.3. The first kappa shape index (κ1) is 24.9. The number of benzene rings is 2. The summed E-state index contributed by atoms with van der Waals surface area (Å²) >= 11 is 0. The third-order valence-corrected chi connectivity index (χ3v) is 8.54. The smallest absolute Gasteiger partial charge is 0.162 e. The number of aliphatic hydroxyl groups excluding tert-OH is 1. The summed E-state index contributed by atoms with van der Waals surface area (Å²) in [4.78, 5) is 18.9. The van der Waals surface area contributed by atoms with Gasteiger partial charge in [-0.25, -0.2) is 9.97 Å². The number of H-pyrrole nitrogens is 1. The van der Waals surface area contributed by atoms with Crippen LogP contribution >= 0.6 is 0 Å². The summed E-state index contributed by atoms with van der Waals surface area (Å²) in [5.41, 5.74) is 9.78. The third kappa shape index (κ3) is 4.35. The van der Waals surface area contributed by atoms with Crippen LogP contribution in [0.2, 0.25) is 0 Å². The highest BCUT2D eigenvalue weighted by atomic mass is 16.3. The molecule has 38 heavy (non-hydrogen) atoms. The highest BCUT2D eigenvalue weighted by Gasteiger charge is 2.31. The van der Waals surface area contributed by atoms with E-state index in [4.69, 9.17) is 9.97 Å². The van der Waals surface area contributed by atoms with E-state index in [2.05, 4.69) is 92.0 Å². The molecule has 6 rings (SSSR count). The first-order valence-electron chi connectivity index (χ1n) is 14.1. The lowest BCUT2D eigenvalue weighted by molar-refractivity contribution is 0.131. The van der Waals surface area contributed by atoms with Crippen molar-refractivity contribution in [3.8, 4) is 11.4 Å². The van der Waals surface area contributed by atoms with Crippen LogP contribution < -0.4 is 9.80 Å². The molecular formula is C32H39N5O. The van der Waals surface area contributed by atoms with Crippen molar-refractivity contribution in [2.45, 2.75) is 78.5 Å². The lowest BCUT2D eigenvalue weighted by Gasteiger charge is -2.40. The van der Waals surface area contributed by atoms with Crippen LogP contribution in [0.5, 0.6) is 0 Å². The number of nitrogens with one attached hydrogen (secondary N) is 1. The van der Waals surface area contributed by atoms with Gasteiger partial charge in [-0.15, -0.1) is 0 Å². The number of hydrogen-bond donors (Lipinski definition) is 2. The first-order valence-corrected chi connectivity index (χ1v) is 14.1. The van der Waals surface area contributed by atoms with E-state index in [1.165, 1.54) is 33.3 Å². The van der Waals surface area contributed by atoms with Crippen LogP contribution in [0.3, 0.4) is 0 Å². The average molecular weight is 510 g/mol. The second kappa shape index (κ2) is 9.73. The zero-order chi connectivity index (χ0) is 26.6. The van der Waals surface area contributed by atoms with Crippen molar-refractivity contribution in [1.82, 2.24) is 15.0 Å². The maximum atomic E-state index is 10.4. The Hall–Kier alpha value is -3.38. The van der Waals surface area contributed by atoms with Gasteiger partial charge in [0.15, 0.2) is 5.82 Å². The fourth-order valence-corrected chi connectivity index (χ4v) is 6.29. The number of hydrogen-bond acceptors (Lipinski definition) is 5. The molecule has 2 atom stereocenters. The van der Waals surface area contributed by atoms with E-state index in [1.807, 2.05) is 0 Å². The van der Waals surface area contributed by atoms with Crippen molar-refractivity contribution in [3.05, 3.63) is 70.5 Å². The van der Waals surface area contributed by atoms with Gasteiger partial charge >= 0.3 is 0 Å². The van der Waals surface area contributed by atoms with Crippen LogP contribution in [0.1, 0.15) is 67.5 Å². The van der Waals surface area contributed by atoms with Gasteiger partial charge in [0, 0.05) is 66.0 Å². The van der Waals surface area contributed by atoms with Crippen molar-refractivity contribution in [2.24, 2.45) is 0 Å². The second-order valence-corrected chi connectivity index (χ2v) is 11.6. The maximum Gasteiger partial charge on any atom is 0.162 e. The van der Waals surface area contributed by atoms with Crippen molar-refractivity contribution in [1.29, 1.82) is 0 Å². The molecule has 0 amide bonds. The summed E-state index contributed by atoms with van der Waals surface area (Å²) in [6.07, 6.45) is 4.24. The lowest BCUT2D eigenvalue weighted by Crippen LogP contribution is -2.44. The molecule has 1 saturated heterocycles. The van der Waals surface area contributed by atoms with Crippen molar-refractivity contribution < 1.29 is 5.11 Å². The largest absolute Gasteiger partial charge is 0.393 e. The summed E-state index contributed by atoms with van der Waals surface area (Å²) < 4.78 is 0. The third-order valence-electron chi connectivity index (χ3n) is 8.54. The molecule has 198 valence electrons. The molecule has 0 spiro atoms. The Kier molecular flexibility index (Phi) is 6.39. The Balaban J connectivity index is 1.48. The molecule has 2 aromatic heterocycles. The van der Waals surface area contributed by atoms with Crippen molar-refractivity contribution in [2.75, 3.05) is 22.9 Å². The molecule has 4 aromatic rings. The fourth-order valence-electron chi connectivity index (χ4n) is 6.29. The standard InChI is InChI=1S/C32H39N5O/c1-19(2)23-10-9-20(3)29(16-23)36-13-12-27-26(18-36)32(37-14-11-24(38)15-22(37)5)35-31(34-27)25-7-6-8-28-30(25)21(4)17-33-28/h6-10,16-17,19,22,24,33,38H,11-15,18H2,1-5H3/t22-,24+/m1/s1. The van der Waals surface area contributed by atoms with Crippen LogP contribution in [0.25, 0.3) is 22.3 Å². The van der Waals surface area contributed by atoms with Gasteiger partial charge in [-0.1, -0.05) is 38.1 Å². The summed E-state index contributed by atoms with van der Waals surface area (Å²) in [6, 6.07) is 13.5. The molecule has 2 aliphatic heterocycles. The Morgan fingerprint density at radius 1 is 1.05 bits per heavy atom. The van der Waals surface area contributed by atoms with Crippen LogP contribution in [0.4, 0.5) is 11.5 Å². The number of aromatic nitrogens is 3. The molecule has 0 radical (unpaired) electrons. The quantitative estimate of drug-likeness (QED) is 0.339. The van der Waals surface area contributed by atoms with Crippen molar-refractivity contribution in [3.63, 3.8) is 0 Å². The number of fused-ring (bicyclic) bond motifs is 2. The van der Waals surface area contributed by atoms with E-state index in [0.717, 1.165) is 67.3 Å². The molecule has 0 bridgehead atoms. The van der Waals surface area contributed by atoms with E-state index in [9.17, 15) is 5.11 Å². The minimum Gasteiger partial charge on any atom is -0.393 e. The average Bonchev–Trinajstić information content (AvgIpc) is 3.29. The summed E-state index contributed by atoms with van der Waals surface area (Å²) in [5.74, 6) is 2.34. The minimum absolute atomic E-state index is 0.219. The SMILES string of the molecule is Cc1ccc(C(C)C)cc1N1CCc2nc(-c3cccc4[nH]cc(C)c34)nc(N3CC[C@H](O)C[C@H]3C)c2C1. The predicted octanol–water partition coefficient (Wildman–Crippen LogP) is 6.28. The minimum atomic E-state index is -0.243. The lowest BCUT2D eigenvalue weighted by atomic mass is 9.96. The second-order valence-electron chi connectivity index (χ2n) is 11.6. The van der Waals surface area contributed by atoms with Crippen molar-refractivity contribution >= 4 is 22.4 Å². The van der Waals surface area contributed by atoms with Gasteiger partial charge in [-0.3, -0.25) is 0 Å². The van der Waals surface area contributed by atoms with Crippen LogP contribution in [0.15, 0.2) is 42.6 Å². The van der Waals surface area contributed by atoms with Crippen LogP contribution in [-0.4, -0.2) is 45.3 Å². The van der Waals surface area contributed by atoms with E-state index < -0.39 is 0 Å². The highest BCUT2D eigenvalue weighted by Crippen LogP contribution is 2.37. The van der Waals surface area contributed by atoms with Gasteiger partial charge in [0.1, 0.15) is 5.82 Å². The maximum absolute atomic E-state index is 10.4. The molecule has 2 N–H and O–H groups in total. The highest BCUT2D eigenvalue weighted by molar-refractivity contribution is 5.96. The fraction of sp³-hybridized carbons (Fsp3) is 0.438. The van der Waals surface area contributed by atoms with E-state index in [1.54, 1.807) is 0 Å². The monoisotopic (exact) mass is 509 g/mol. The summed E-state index contributed by atoms with van der Waals surface area (Å²) in [7, 11) is 0. The Morgan fingerprint density at radius 2 is 1.89 bits per heavy atom. The molecule has 6 nitrogen and oxygen atoms in total. The van der Waals surface area contributed by atoms with Gasteiger partial charge in [0.25, 0.3) is 0 Å². The van der Waals surface area contributed by atoms with E-state index in [-0.39, 0.29) is 12.1 Å². The van der Waals surface area contributed by atoms with Gasteiger partial charge in [0.2, 0.25) is 0 Å². The molecule has 4 heterocycles. The first-order chi connectivity index (χ1) is 18.3. The molecule has 0 saturated carbocycles. The van der Waals surface area contributed by atoms with E-state index >= 15 is 0 Å². The number of aryl methyl sites for hydroxylation is 2. The Bertz CT molecular complexity index is 1490. The summed E-state index contributed by atoms with van der Waals surface area (Å²) in [6.45, 7) is 13.6. The molecule has 2 aromatic carbocycles. The number of rotatable bonds is 4. The van der Waals surface area contributed by atoms with Gasteiger partial charge < -0.3 is 19.9 Å². The number of anilines is 2. The van der Waals surface area contributed by atoms with Gasteiger partial charge in [-0.05, 0) is 68.4 Å². The molecule has 2 aliphatic rings. The van der Waals surface area contributed by atoms with Crippen LogP contribution in [0, 0.1) is 13.8 Å². The van der Waals surface area contributed by atoms with Gasteiger partial charge in [0.05, 0.1) is 11.8 Å². The topological polar surface area (TPSA) is 68.3 Å². The number of piperidine rings is 1. The number of aliphatic hydroxyl groups is 1. The normalized spacial score (nSPS) is 19.9. The van der Waals surface area contributed by atoms with E-state index in [0.29, 0.717) is 5.92 Å². The molecule has 1 fully saturated rings. The zero-order valence-corrected chi connectivity index (χ0v) is 23.3. The Morgan fingerprint density at radius 3 is 2.68 bits per heavy atom. The van der Waals surface area contributed by atoms with Gasteiger partial charge in [-0.2, -0.15) is 0 Å². The molecule has 0 aliphatic carbocycles. The van der Waals surface area contributed by atoms with Crippen LogP contribution in [-0.2, 0) is 13.0 Å². The number of nitrogens with zero attached hydrogens (tertiary/aromatic N) is 4.